The molecule has 1 atom stereocenters. The quantitative estimate of drug-likeness (QED) is 0.0673. The van der Waals surface area contributed by atoms with Crippen LogP contribution in [-0.2, 0) is 29.5 Å². The van der Waals surface area contributed by atoms with Gasteiger partial charge >= 0.3 is 0 Å². The fraction of sp³-hybridized carbons (Fsp3) is 0.116. The van der Waals surface area contributed by atoms with Gasteiger partial charge in [-0.15, -0.1) is 0 Å². The van der Waals surface area contributed by atoms with E-state index in [1.807, 2.05) is 6.92 Å². The lowest BCUT2D eigenvalue weighted by atomic mass is 10.3. The molecule has 6 aromatic carbocycles. The summed E-state index contributed by atoms with van der Waals surface area (Å²) in [4.78, 5) is 0.0751. The van der Waals surface area contributed by atoms with Crippen molar-refractivity contribution in [2.45, 2.75) is 49.0 Å². The molecule has 0 aliphatic rings. The van der Waals surface area contributed by atoms with Gasteiger partial charge in [0.2, 0.25) is 35.8 Å². The predicted octanol–water partition coefficient (Wildman–Crippen LogP) is 7.80. The van der Waals surface area contributed by atoms with Crippen molar-refractivity contribution in [3.8, 4) is 34.5 Å². The number of hydrogen-bond acceptors (Lipinski definition) is 12. The Labute approximate surface area is 337 Å². The largest absolute Gasteiger partial charge is 0.508 e. The Bertz CT molecular complexity index is 2680. The van der Waals surface area contributed by atoms with Gasteiger partial charge in [-0.3, -0.25) is 0 Å². The second-order valence-electron chi connectivity index (χ2n) is 12.5. The third-order valence-corrected chi connectivity index (χ3v) is 14.0. The molecule has 12 nitrogen and oxygen atoms in total. The fourth-order valence-corrected chi connectivity index (χ4v) is 9.32. The standard InChI is InChI=1S/C43H38O12S3/c1-2-43(54-34-15-25-38(26-16-34)56(46,47)36-19-9-31(44)10-20-36)55-35-17-27-39(28-18-35)57(48,49)37-21-11-32(12-22-37)52-29-5-6-30-53-33-13-23-40(24-14-33)58(50,51)42-8-4-3-7-41(42)45/h3-28,43-45H,2,29-30H2,1H3/b6-5+. The molecule has 0 saturated carbocycles. The van der Waals surface area contributed by atoms with Gasteiger partial charge < -0.3 is 29.2 Å². The first kappa shape index (κ1) is 41.3. The average molecular weight is 843 g/mol. The van der Waals surface area contributed by atoms with E-state index in [0.29, 0.717) is 29.4 Å². The van der Waals surface area contributed by atoms with Crippen LogP contribution in [0.1, 0.15) is 13.3 Å². The van der Waals surface area contributed by atoms with E-state index in [1.165, 1.54) is 127 Å². The molecule has 0 saturated heterocycles. The zero-order valence-corrected chi connectivity index (χ0v) is 33.4. The number of para-hydroxylation sites is 1. The molecule has 58 heavy (non-hydrogen) atoms. The van der Waals surface area contributed by atoms with Crippen molar-refractivity contribution in [3.63, 3.8) is 0 Å². The van der Waals surface area contributed by atoms with Gasteiger partial charge in [-0.05, 0) is 146 Å². The maximum Gasteiger partial charge on any atom is 0.240 e. The summed E-state index contributed by atoms with van der Waals surface area (Å²) in [5.74, 6) is 1.28. The number of phenolic OH excluding ortho intramolecular Hbond substituents is 2. The van der Waals surface area contributed by atoms with Gasteiger partial charge in [0.25, 0.3) is 0 Å². The van der Waals surface area contributed by atoms with Gasteiger partial charge in [0.1, 0.15) is 52.6 Å². The van der Waals surface area contributed by atoms with Crippen molar-refractivity contribution in [1.82, 2.24) is 0 Å². The summed E-state index contributed by atoms with van der Waals surface area (Å²) >= 11 is 0. The van der Waals surface area contributed by atoms with Crippen molar-refractivity contribution >= 4 is 29.5 Å². The molecule has 0 amide bonds. The van der Waals surface area contributed by atoms with Crippen LogP contribution in [0.15, 0.2) is 187 Å². The molecule has 0 bridgehead atoms. The summed E-state index contributed by atoms with van der Waals surface area (Å²) in [7, 11) is -11.5. The molecule has 1 unspecified atom stereocenters. The second kappa shape index (κ2) is 17.9. The van der Waals surface area contributed by atoms with E-state index >= 15 is 0 Å². The molecular weight excluding hydrogens is 805 g/mol. The summed E-state index contributed by atoms with van der Waals surface area (Å²) in [6.07, 6.45) is 3.13. The van der Waals surface area contributed by atoms with Crippen LogP contribution in [-0.4, -0.2) is 55.0 Å². The van der Waals surface area contributed by atoms with Gasteiger partial charge in [0.05, 0.1) is 24.5 Å². The van der Waals surface area contributed by atoms with Crippen molar-refractivity contribution in [2.24, 2.45) is 0 Å². The number of sulfone groups is 3. The molecule has 0 spiro atoms. The SMILES string of the molecule is CCC(Oc1ccc(S(=O)(=O)c2ccc(O)cc2)cc1)Oc1ccc(S(=O)(=O)c2ccc(OC/C=C/COc3ccc(S(=O)(=O)c4ccccc4O)cc3)cc2)cc1. The molecule has 15 heteroatoms. The highest BCUT2D eigenvalue weighted by molar-refractivity contribution is 7.92. The van der Waals surface area contributed by atoms with Crippen LogP contribution in [0.2, 0.25) is 0 Å². The first-order valence-corrected chi connectivity index (χ1v) is 22.2. The Kier molecular flexibility index (Phi) is 12.7. The Balaban J connectivity index is 0.964. The lowest BCUT2D eigenvalue weighted by Gasteiger charge is -2.19. The molecule has 0 fully saturated rings. The van der Waals surface area contributed by atoms with Gasteiger partial charge in [-0.25, -0.2) is 25.3 Å². The van der Waals surface area contributed by atoms with E-state index in [4.69, 9.17) is 18.9 Å². The van der Waals surface area contributed by atoms with Crippen LogP contribution in [0.4, 0.5) is 0 Å². The number of phenols is 2. The van der Waals surface area contributed by atoms with E-state index in [0.717, 1.165) is 0 Å². The maximum atomic E-state index is 13.3. The van der Waals surface area contributed by atoms with Crippen LogP contribution < -0.4 is 18.9 Å². The monoisotopic (exact) mass is 842 g/mol. The van der Waals surface area contributed by atoms with Crippen molar-refractivity contribution in [3.05, 3.63) is 158 Å². The van der Waals surface area contributed by atoms with Crippen LogP contribution in [0.25, 0.3) is 0 Å². The van der Waals surface area contributed by atoms with Crippen LogP contribution in [0.5, 0.6) is 34.5 Å². The number of aromatic hydroxyl groups is 2. The predicted molar refractivity (Wildman–Crippen MR) is 214 cm³/mol. The Morgan fingerprint density at radius 2 is 0.810 bits per heavy atom. The molecular formula is C43H38O12S3. The molecule has 300 valence electrons. The maximum absolute atomic E-state index is 13.3. The summed E-state index contributed by atoms with van der Waals surface area (Å²) in [6.45, 7) is 2.21. The van der Waals surface area contributed by atoms with Crippen LogP contribution >= 0.6 is 0 Å². The molecule has 0 radical (unpaired) electrons. The minimum atomic E-state index is -3.89. The molecule has 0 heterocycles. The minimum Gasteiger partial charge on any atom is -0.508 e. The number of rotatable bonds is 17. The highest BCUT2D eigenvalue weighted by Gasteiger charge is 2.22. The number of benzene rings is 6. The zero-order chi connectivity index (χ0) is 41.3. The van der Waals surface area contributed by atoms with E-state index in [9.17, 15) is 35.5 Å². The van der Waals surface area contributed by atoms with Gasteiger partial charge in [-0.1, -0.05) is 19.1 Å². The average Bonchev–Trinajstić information content (AvgIpc) is 3.23. The third kappa shape index (κ3) is 9.80. The molecule has 6 aromatic rings. The molecule has 6 rings (SSSR count). The lowest BCUT2D eigenvalue weighted by molar-refractivity contribution is 0.00323. The Morgan fingerprint density at radius 3 is 1.19 bits per heavy atom. The second-order valence-corrected chi connectivity index (χ2v) is 18.3. The van der Waals surface area contributed by atoms with Gasteiger partial charge in [0.15, 0.2) is 0 Å². The highest BCUT2D eigenvalue weighted by Crippen LogP contribution is 2.30. The Hall–Kier alpha value is -6.29. The molecule has 0 aromatic heterocycles. The van der Waals surface area contributed by atoms with Crippen LogP contribution in [0.3, 0.4) is 0 Å². The lowest BCUT2D eigenvalue weighted by Crippen LogP contribution is -2.22. The molecule has 0 aliphatic heterocycles. The molecule has 2 N–H and O–H groups in total. The summed E-state index contributed by atoms with van der Waals surface area (Å²) in [6, 6.07) is 34.6. The van der Waals surface area contributed by atoms with E-state index in [2.05, 4.69) is 0 Å². The van der Waals surface area contributed by atoms with Crippen molar-refractivity contribution < 1.29 is 54.4 Å². The first-order chi connectivity index (χ1) is 27.8. The topological polar surface area (TPSA) is 180 Å². The normalized spacial score (nSPS) is 12.5. The minimum absolute atomic E-state index is 0.0214. The summed E-state index contributed by atoms with van der Waals surface area (Å²) in [5.41, 5.74) is 0. The number of ether oxygens (including phenoxy) is 4. The smallest absolute Gasteiger partial charge is 0.240 e. The third-order valence-electron chi connectivity index (χ3n) is 8.57. The van der Waals surface area contributed by atoms with E-state index in [1.54, 1.807) is 30.4 Å². The van der Waals surface area contributed by atoms with E-state index in [-0.39, 0.29) is 54.1 Å². The Morgan fingerprint density at radius 1 is 0.466 bits per heavy atom. The van der Waals surface area contributed by atoms with Gasteiger partial charge in [0, 0.05) is 6.42 Å². The van der Waals surface area contributed by atoms with E-state index < -0.39 is 35.8 Å². The zero-order valence-electron chi connectivity index (χ0n) is 30.9. The number of hydrogen-bond donors (Lipinski definition) is 2. The summed E-state index contributed by atoms with van der Waals surface area (Å²) < 4.78 is 101. The van der Waals surface area contributed by atoms with Crippen molar-refractivity contribution in [2.75, 3.05) is 13.2 Å². The highest BCUT2D eigenvalue weighted by atomic mass is 32.2. The van der Waals surface area contributed by atoms with Gasteiger partial charge in [-0.2, -0.15) is 0 Å². The molecule has 0 aliphatic carbocycles. The first-order valence-electron chi connectivity index (χ1n) is 17.7. The fourth-order valence-electron chi connectivity index (χ4n) is 5.45. The summed E-state index contributed by atoms with van der Waals surface area (Å²) in [5, 5.41) is 19.4. The van der Waals surface area contributed by atoms with Crippen molar-refractivity contribution in [1.29, 1.82) is 0 Å². The van der Waals surface area contributed by atoms with Crippen LogP contribution in [0, 0.1) is 0 Å².